The average molecular weight is 271 g/mol. The third kappa shape index (κ3) is 3.78. The van der Waals surface area contributed by atoms with E-state index in [0.29, 0.717) is 18.1 Å². The molecule has 0 saturated carbocycles. The number of anilines is 1. The van der Waals surface area contributed by atoms with Gasteiger partial charge in [0, 0.05) is 17.9 Å². The van der Waals surface area contributed by atoms with Crippen LogP contribution in [0, 0.1) is 13.8 Å². The number of hydrogen-bond donors (Lipinski definition) is 2. The molecule has 20 heavy (non-hydrogen) atoms. The summed E-state index contributed by atoms with van der Waals surface area (Å²) >= 11 is 0. The third-order valence-corrected chi connectivity index (χ3v) is 2.88. The number of rotatable bonds is 5. The minimum atomic E-state index is -0.904. The quantitative estimate of drug-likeness (QED) is 0.873. The molecule has 2 aromatic rings. The van der Waals surface area contributed by atoms with Crippen molar-refractivity contribution in [1.82, 2.24) is 9.97 Å². The molecule has 1 aromatic heterocycles. The van der Waals surface area contributed by atoms with Gasteiger partial charge in [-0.2, -0.15) is 0 Å². The number of aryl methyl sites for hydroxylation is 2. The molecule has 2 N–H and O–H groups in total. The lowest BCUT2D eigenvalue weighted by atomic mass is 10.1. The molecule has 5 nitrogen and oxygen atoms in total. The van der Waals surface area contributed by atoms with Crippen LogP contribution in [0.25, 0.3) is 0 Å². The first-order valence-electron chi connectivity index (χ1n) is 6.43. The maximum Gasteiger partial charge on any atom is 0.335 e. The molecular weight excluding hydrogens is 254 g/mol. The fourth-order valence-electron chi connectivity index (χ4n) is 1.94. The molecule has 0 radical (unpaired) electrons. The Morgan fingerprint density at radius 2 is 1.75 bits per heavy atom. The van der Waals surface area contributed by atoms with Crippen molar-refractivity contribution in [3.63, 3.8) is 0 Å². The maximum atomic E-state index is 10.7. The zero-order valence-corrected chi connectivity index (χ0v) is 11.6. The monoisotopic (exact) mass is 271 g/mol. The van der Waals surface area contributed by atoms with Crippen LogP contribution in [0.4, 0.5) is 5.95 Å². The number of aromatic nitrogens is 2. The van der Waals surface area contributed by atoms with E-state index in [0.717, 1.165) is 23.4 Å². The van der Waals surface area contributed by atoms with Crippen LogP contribution in [0.5, 0.6) is 0 Å². The lowest BCUT2D eigenvalue weighted by molar-refractivity contribution is 0.0697. The van der Waals surface area contributed by atoms with Gasteiger partial charge >= 0.3 is 5.97 Å². The highest BCUT2D eigenvalue weighted by Gasteiger charge is 2.02. The van der Waals surface area contributed by atoms with Crippen LogP contribution in [0.1, 0.15) is 27.3 Å². The van der Waals surface area contributed by atoms with E-state index in [1.54, 1.807) is 12.1 Å². The van der Waals surface area contributed by atoms with Gasteiger partial charge in [0.05, 0.1) is 5.56 Å². The van der Waals surface area contributed by atoms with Crippen LogP contribution in [-0.2, 0) is 6.42 Å². The molecule has 0 spiro atoms. The summed E-state index contributed by atoms with van der Waals surface area (Å²) in [6.07, 6.45) is 0.788. The Balaban J connectivity index is 1.90. The highest BCUT2D eigenvalue weighted by Crippen LogP contribution is 2.07. The first kappa shape index (κ1) is 14.0. The minimum Gasteiger partial charge on any atom is -0.478 e. The summed E-state index contributed by atoms with van der Waals surface area (Å²) in [6, 6.07) is 8.81. The summed E-state index contributed by atoms with van der Waals surface area (Å²) in [5.74, 6) is -0.275. The molecule has 5 heteroatoms. The van der Waals surface area contributed by atoms with Crippen molar-refractivity contribution in [3.05, 3.63) is 52.8 Å². The average Bonchev–Trinajstić information content (AvgIpc) is 2.38. The van der Waals surface area contributed by atoms with Crippen LogP contribution in [0.15, 0.2) is 30.3 Å². The van der Waals surface area contributed by atoms with E-state index in [-0.39, 0.29) is 0 Å². The first-order valence-corrected chi connectivity index (χ1v) is 6.43. The van der Waals surface area contributed by atoms with Gasteiger partial charge in [-0.25, -0.2) is 14.8 Å². The number of carboxylic acid groups (broad SMARTS) is 1. The van der Waals surface area contributed by atoms with Crippen molar-refractivity contribution >= 4 is 11.9 Å². The second-order valence-electron chi connectivity index (χ2n) is 4.65. The van der Waals surface area contributed by atoms with Crippen molar-refractivity contribution in [2.45, 2.75) is 20.3 Å². The largest absolute Gasteiger partial charge is 0.478 e. The Morgan fingerprint density at radius 3 is 2.30 bits per heavy atom. The number of carbonyl (C=O) groups is 1. The molecule has 0 unspecified atom stereocenters. The smallest absolute Gasteiger partial charge is 0.335 e. The van der Waals surface area contributed by atoms with Gasteiger partial charge in [0.2, 0.25) is 5.95 Å². The fourth-order valence-corrected chi connectivity index (χ4v) is 1.94. The summed E-state index contributed by atoms with van der Waals surface area (Å²) in [4.78, 5) is 19.4. The van der Waals surface area contributed by atoms with Crippen LogP contribution in [0.3, 0.4) is 0 Å². The van der Waals surface area contributed by atoms with Gasteiger partial charge in [-0.15, -0.1) is 0 Å². The van der Waals surface area contributed by atoms with Gasteiger partial charge in [-0.05, 0) is 44.0 Å². The minimum absolute atomic E-state index is 0.305. The van der Waals surface area contributed by atoms with Crippen LogP contribution < -0.4 is 5.32 Å². The zero-order chi connectivity index (χ0) is 14.5. The van der Waals surface area contributed by atoms with Gasteiger partial charge in [-0.1, -0.05) is 12.1 Å². The van der Waals surface area contributed by atoms with Crippen molar-refractivity contribution in [2.75, 3.05) is 11.9 Å². The Bertz CT molecular complexity index is 589. The number of nitrogens with zero attached hydrogens (tertiary/aromatic N) is 2. The van der Waals surface area contributed by atoms with E-state index in [2.05, 4.69) is 15.3 Å². The Labute approximate surface area is 117 Å². The fraction of sp³-hybridized carbons (Fsp3) is 0.267. The van der Waals surface area contributed by atoms with Gasteiger partial charge < -0.3 is 10.4 Å². The Hall–Kier alpha value is -2.43. The van der Waals surface area contributed by atoms with E-state index < -0.39 is 5.97 Å². The third-order valence-electron chi connectivity index (χ3n) is 2.88. The Kier molecular flexibility index (Phi) is 4.30. The molecule has 0 bridgehead atoms. The summed E-state index contributed by atoms with van der Waals surface area (Å²) in [6.45, 7) is 4.57. The topological polar surface area (TPSA) is 75.1 Å². The van der Waals surface area contributed by atoms with E-state index >= 15 is 0 Å². The standard InChI is InChI=1S/C15H17N3O2/c1-10-9-11(2)18-15(17-10)16-8-7-12-3-5-13(6-4-12)14(19)20/h3-6,9H,7-8H2,1-2H3,(H,19,20)(H,16,17,18). The zero-order valence-electron chi connectivity index (χ0n) is 11.6. The second-order valence-corrected chi connectivity index (χ2v) is 4.65. The molecule has 0 fully saturated rings. The molecule has 104 valence electrons. The molecule has 0 aliphatic heterocycles. The predicted molar refractivity (Wildman–Crippen MR) is 77.1 cm³/mol. The second kappa shape index (κ2) is 6.14. The summed E-state index contributed by atoms with van der Waals surface area (Å²) < 4.78 is 0. The summed E-state index contributed by atoms with van der Waals surface area (Å²) in [5.41, 5.74) is 3.25. The molecule has 1 aromatic carbocycles. The highest BCUT2D eigenvalue weighted by atomic mass is 16.4. The predicted octanol–water partition coefficient (Wildman–Crippen LogP) is 2.45. The normalized spacial score (nSPS) is 10.3. The SMILES string of the molecule is Cc1cc(C)nc(NCCc2ccc(C(=O)O)cc2)n1. The van der Waals surface area contributed by atoms with Crippen molar-refractivity contribution in [1.29, 1.82) is 0 Å². The molecule has 0 aliphatic carbocycles. The van der Waals surface area contributed by atoms with Crippen LogP contribution in [-0.4, -0.2) is 27.6 Å². The molecule has 0 atom stereocenters. The van der Waals surface area contributed by atoms with Gasteiger partial charge in [-0.3, -0.25) is 0 Å². The first-order chi connectivity index (χ1) is 9.54. The number of hydrogen-bond acceptors (Lipinski definition) is 4. The molecule has 0 aliphatic rings. The van der Waals surface area contributed by atoms with Gasteiger partial charge in [0.1, 0.15) is 0 Å². The van der Waals surface area contributed by atoms with Gasteiger partial charge in [0.15, 0.2) is 0 Å². The maximum absolute atomic E-state index is 10.7. The van der Waals surface area contributed by atoms with Crippen LogP contribution >= 0.6 is 0 Å². The summed E-state index contributed by atoms with van der Waals surface area (Å²) in [7, 11) is 0. The number of aromatic carboxylic acids is 1. The van der Waals surface area contributed by atoms with E-state index in [1.807, 2.05) is 32.0 Å². The van der Waals surface area contributed by atoms with E-state index in [9.17, 15) is 4.79 Å². The van der Waals surface area contributed by atoms with Gasteiger partial charge in [0.25, 0.3) is 0 Å². The van der Waals surface area contributed by atoms with E-state index in [1.165, 1.54) is 0 Å². The van der Waals surface area contributed by atoms with Crippen molar-refractivity contribution in [3.8, 4) is 0 Å². The molecule has 0 amide bonds. The highest BCUT2D eigenvalue weighted by molar-refractivity contribution is 5.87. The van der Waals surface area contributed by atoms with Crippen LogP contribution in [0.2, 0.25) is 0 Å². The number of nitrogens with one attached hydrogen (secondary N) is 1. The van der Waals surface area contributed by atoms with Crippen molar-refractivity contribution < 1.29 is 9.90 Å². The molecule has 1 heterocycles. The molecular formula is C15H17N3O2. The molecule has 2 rings (SSSR count). The molecule has 0 saturated heterocycles. The summed E-state index contributed by atoms with van der Waals surface area (Å²) in [5, 5.41) is 12.0. The van der Waals surface area contributed by atoms with E-state index in [4.69, 9.17) is 5.11 Å². The lowest BCUT2D eigenvalue weighted by Crippen LogP contribution is -2.09. The lowest BCUT2D eigenvalue weighted by Gasteiger charge is -2.07. The Morgan fingerprint density at radius 1 is 1.15 bits per heavy atom. The number of benzene rings is 1. The number of carboxylic acids is 1. The van der Waals surface area contributed by atoms with Crippen molar-refractivity contribution in [2.24, 2.45) is 0 Å².